The largest absolute Gasteiger partial charge is 0.239 e. The molecule has 4 heteroatoms. The number of tetrazole rings is 1. The van der Waals surface area contributed by atoms with Crippen LogP contribution >= 0.6 is 0 Å². The van der Waals surface area contributed by atoms with Crippen LogP contribution in [-0.2, 0) is 0 Å². The lowest BCUT2D eigenvalue weighted by Crippen LogP contribution is -1.81. The van der Waals surface area contributed by atoms with Gasteiger partial charge in [0.2, 0.25) is 0 Å². The van der Waals surface area contributed by atoms with Crippen LogP contribution < -0.4 is 0 Å². The van der Waals surface area contributed by atoms with Gasteiger partial charge in [0.25, 0.3) is 0 Å². The Bertz CT molecular complexity index is 405. The topological polar surface area (TPSA) is 54.5 Å². The van der Waals surface area contributed by atoms with Crippen molar-refractivity contribution in [2.75, 3.05) is 0 Å². The zero-order chi connectivity index (χ0) is 9.10. The Morgan fingerprint density at radius 1 is 1.38 bits per heavy atom. The highest BCUT2D eigenvalue weighted by Crippen LogP contribution is 2.14. The van der Waals surface area contributed by atoms with E-state index in [0.29, 0.717) is 5.82 Å². The molecule has 0 aliphatic carbocycles. The van der Waals surface area contributed by atoms with Crippen molar-refractivity contribution in [2.24, 2.45) is 0 Å². The molecule has 0 aliphatic rings. The maximum absolute atomic E-state index is 5.39. The summed E-state index contributed by atoms with van der Waals surface area (Å²) in [4.78, 5) is 0. The van der Waals surface area contributed by atoms with Crippen LogP contribution in [0, 0.1) is 6.58 Å². The molecule has 0 fully saturated rings. The maximum Gasteiger partial charge on any atom is 0.179 e. The molecule has 1 heterocycles. The third-order valence-electron chi connectivity index (χ3n) is 1.70. The molecule has 0 saturated heterocycles. The molecule has 1 aromatic heterocycles. The minimum absolute atomic E-state index is 0.642. The van der Waals surface area contributed by atoms with Gasteiger partial charge in [0.05, 0.1) is 0 Å². The molecule has 0 spiro atoms. The van der Waals surface area contributed by atoms with E-state index in [2.05, 4.69) is 20.6 Å². The number of H-pyrrole nitrogens is 1. The van der Waals surface area contributed by atoms with Crippen LogP contribution in [0.5, 0.6) is 0 Å². The van der Waals surface area contributed by atoms with E-state index in [9.17, 15) is 0 Å². The lowest BCUT2D eigenvalue weighted by molar-refractivity contribution is 0.881. The van der Waals surface area contributed by atoms with Gasteiger partial charge in [-0.25, -0.2) is 5.10 Å². The van der Waals surface area contributed by atoms with Crippen LogP contribution in [0.4, 0.5) is 0 Å². The van der Waals surface area contributed by atoms with E-state index in [4.69, 9.17) is 6.58 Å². The second kappa shape index (κ2) is 3.18. The summed E-state index contributed by atoms with van der Waals surface area (Å²) in [7, 11) is 0. The van der Waals surface area contributed by atoms with Crippen molar-refractivity contribution in [1.82, 2.24) is 20.6 Å². The van der Waals surface area contributed by atoms with Crippen LogP contribution in [0.25, 0.3) is 17.5 Å². The van der Waals surface area contributed by atoms with E-state index in [-0.39, 0.29) is 0 Å². The van der Waals surface area contributed by atoms with Gasteiger partial charge in [-0.05, 0) is 22.1 Å². The van der Waals surface area contributed by atoms with Gasteiger partial charge in [-0.2, -0.15) is 0 Å². The van der Waals surface area contributed by atoms with E-state index in [0.717, 1.165) is 11.1 Å². The van der Waals surface area contributed by atoms with E-state index in [1.165, 1.54) is 6.08 Å². The fraction of sp³-hybridized carbons (Fsp3) is 0. The smallest absolute Gasteiger partial charge is 0.179 e. The van der Waals surface area contributed by atoms with Crippen LogP contribution in [0.1, 0.15) is 5.56 Å². The highest BCUT2D eigenvalue weighted by Gasteiger charge is 2.00. The molecule has 1 N–H and O–H groups in total. The Kier molecular flexibility index (Phi) is 1.88. The van der Waals surface area contributed by atoms with Crippen molar-refractivity contribution in [2.45, 2.75) is 0 Å². The Labute approximate surface area is 75.3 Å². The lowest BCUT2D eigenvalue weighted by atomic mass is 10.1. The molecule has 2 aromatic rings. The second-order valence-corrected chi connectivity index (χ2v) is 2.54. The van der Waals surface area contributed by atoms with Gasteiger partial charge in [-0.3, -0.25) is 0 Å². The van der Waals surface area contributed by atoms with Gasteiger partial charge in [-0.15, -0.1) is 5.10 Å². The predicted molar refractivity (Wildman–Crippen MR) is 48.4 cm³/mol. The summed E-state index contributed by atoms with van der Waals surface area (Å²) in [5, 5.41) is 13.5. The van der Waals surface area contributed by atoms with Gasteiger partial charge in [0.1, 0.15) is 0 Å². The number of hydrogen-bond donors (Lipinski definition) is 1. The molecular formula is C9H7N4. The number of rotatable bonds is 2. The summed E-state index contributed by atoms with van der Waals surface area (Å²) in [6.45, 7) is 5.39. The maximum atomic E-state index is 5.39. The quantitative estimate of drug-likeness (QED) is 0.741. The summed E-state index contributed by atoms with van der Waals surface area (Å²) in [5.41, 5.74) is 1.86. The zero-order valence-electron chi connectivity index (χ0n) is 6.81. The molecule has 0 saturated carbocycles. The van der Waals surface area contributed by atoms with Gasteiger partial charge in [-0.1, -0.05) is 30.9 Å². The van der Waals surface area contributed by atoms with E-state index < -0.39 is 0 Å². The summed E-state index contributed by atoms with van der Waals surface area (Å²) in [6, 6.07) is 7.63. The third-order valence-corrected chi connectivity index (χ3v) is 1.70. The molecule has 2 rings (SSSR count). The average Bonchev–Trinajstić information content (AvgIpc) is 2.71. The van der Waals surface area contributed by atoms with Gasteiger partial charge in [0.15, 0.2) is 5.82 Å². The van der Waals surface area contributed by atoms with Gasteiger partial charge >= 0.3 is 0 Å². The van der Waals surface area contributed by atoms with E-state index in [1.807, 2.05) is 24.3 Å². The SMILES string of the molecule is [CH]=Cc1cccc(-c2nnn[nH]2)c1. The number of nitrogens with one attached hydrogen (secondary N) is 1. The van der Waals surface area contributed by atoms with Crippen molar-refractivity contribution in [3.63, 3.8) is 0 Å². The molecule has 0 amide bonds. The molecule has 0 atom stereocenters. The van der Waals surface area contributed by atoms with Crippen LogP contribution in [0.2, 0.25) is 0 Å². The first-order valence-electron chi connectivity index (χ1n) is 3.79. The normalized spacial score (nSPS) is 9.85. The number of benzene rings is 1. The minimum atomic E-state index is 0.642. The van der Waals surface area contributed by atoms with Crippen molar-refractivity contribution >= 4 is 6.08 Å². The number of nitrogens with zero attached hydrogens (tertiary/aromatic N) is 3. The van der Waals surface area contributed by atoms with Gasteiger partial charge < -0.3 is 0 Å². The lowest BCUT2D eigenvalue weighted by Gasteiger charge is -1.96. The Morgan fingerprint density at radius 3 is 3.00 bits per heavy atom. The Balaban J connectivity index is 2.47. The minimum Gasteiger partial charge on any atom is -0.239 e. The van der Waals surface area contributed by atoms with Crippen molar-refractivity contribution < 1.29 is 0 Å². The van der Waals surface area contributed by atoms with Crippen LogP contribution in [0.15, 0.2) is 24.3 Å². The molecule has 0 bridgehead atoms. The van der Waals surface area contributed by atoms with E-state index in [1.54, 1.807) is 0 Å². The fourth-order valence-corrected chi connectivity index (χ4v) is 1.07. The molecule has 0 unspecified atom stereocenters. The third kappa shape index (κ3) is 1.46. The Morgan fingerprint density at radius 2 is 2.31 bits per heavy atom. The fourth-order valence-electron chi connectivity index (χ4n) is 1.07. The first-order chi connectivity index (χ1) is 6.40. The van der Waals surface area contributed by atoms with Crippen LogP contribution in [0.3, 0.4) is 0 Å². The molecule has 0 aliphatic heterocycles. The van der Waals surface area contributed by atoms with E-state index >= 15 is 0 Å². The number of aromatic nitrogens is 4. The standard InChI is InChI=1S/C9H7N4/c1-2-7-4-3-5-8(6-7)9-10-12-13-11-9/h1-6H,(H,10,11,12,13). The van der Waals surface area contributed by atoms with Crippen molar-refractivity contribution in [3.8, 4) is 11.4 Å². The zero-order valence-corrected chi connectivity index (χ0v) is 6.81. The summed E-state index contributed by atoms with van der Waals surface area (Å²) in [5.74, 6) is 0.642. The molecule has 1 aromatic carbocycles. The average molecular weight is 171 g/mol. The molecule has 1 radical (unpaired) electrons. The summed E-state index contributed by atoms with van der Waals surface area (Å²) >= 11 is 0. The summed E-state index contributed by atoms with van der Waals surface area (Å²) < 4.78 is 0. The predicted octanol–water partition coefficient (Wildman–Crippen LogP) is 1.31. The molecule has 13 heavy (non-hydrogen) atoms. The first-order valence-corrected chi connectivity index (χ1v) is 3.79. The Hall–Kier alpha value is -1.97. The van der Waals surface area contributed by atoms with Crippen LogP contribution in [-0.4, -0.2) is 20.6 Å². The highest BCUT2D eigenvalue weighted by molar-refractivity contribution is 5.60. The molecule has 63 valence electrons. The highest BCUT2D eigenvalue weighted by atomic mass is 15.5. The second-order valence-electron chi connectivity index (χ2n) is 2.54. The monoisotopic (exact) mass is 171 g/mol. The summed E-state index contributed by atoms with van der Waals surface area (Å²) in [6.07, 6.45) is 1.54. The van der Waals surface area contributed by atoms with Crippen molar-refractivity contribution in [1.29, 1.82) is 0 Å². The first kappa shape index (κ1) is 7.67. The number of aromatic amines is 1. The van der Waals surface area contributed by atoms with Gasteiger partial charge in [0, 0.05) is 5.56 Å². The van der Waals surface area contributed by atoms with Crippen molar-refractivity contribution in [3.05, 3.63) is 36.4 Å². The number of hydrogen-bond acceptors (Lipinski definition) is 3. The molecule has 4 nitrogen and oxygen atoms in total. The molecular weight excluding hydrogens is 164 g/mol.